The van der Waals surface area contributed by atoms with Crippen LogP contribution in [0.2, 0.25) is 0 Å². The Morgan fingerprint density at radius 2 is 1.95 bits per heavy atom. The largest absolute Gasteiger partial charge is 0.467 e. The lowest BCUT2D eigenvalue weighted by Gasteiger charge is -2.38. The lowest BCUT2D eigenvalue weighted by molar-refractivity contribution is -0.126. The number of alkyl halides is 1. The van der Waals surface area contributed by atoms with Gasteiger partial charge in [0.05, 0.1) is 25.0 Å². The molecule has 4 rings (SSSR count). The first-order chi connectivity index (χ1) is 17.9. The number of nitrogens with two attached hydrogens (primary N) is 1. The maximum atomic E-state index is 12.4. The van der Waals surface area contributed by atoms with E-state index < -0.39 is 6.67 Å². The first-order valence-electron chi connectivity index (χ1n) is 12.6. The zero-order valence-corrected chi connectivity index (χ0v) is 22.1. The van der Waals surface area contributed by atoms with E-state index >= 15 is 0 Å². The zero-order chi connectivity index (χ0) is 26.5. The number of hydrazine groups is 1. The second-order valence-electron chi connectivity index (χ2n) is 9.27. The van der Waals surface area contributed by atoms with Crippen LogP contribution in [-0.4, -0.2) is 67.3 Å². The summed E-state index contributed by atoms with van der Waals surface area (Å²) in [4.78, 5) is 28.0. The van der Waals surface area contributed by atoms with E-state index in [2.05, 4.69) is 41.2 Å². The highest BCUT2D eigenvalue weighted by Gasteiger charge is 2.30. The number of aromatic nitrogens is 2. The average molecular weight is 510 g/mol. The molecule has 3 heterocycles. The number of halogens is 1. The molecule has 0 unspecified atom stereocenters. The van der Waals surface area contributed by atoms with Crippen LogP contribution in [0.3, 0.4) is 0 Å². The molecule has 0 saturated carbocycles. The van der Waals surface area contributed by atoms with Gasteiger partial charge in [0.15, 0.2) is 0 Å². The van der Waals surface area contributed by atoms with Crippen molar-refractivity contribution in [1.82, 2.24) is 14.9 Å². The molecule has 37 heavy (non-hydrogen) atoms. The monoisotopic (exact) mass is 509 g/mol. The van der Waals surface area contributed by atoms with Crippen molar-refractivity contribution in [2.75, 3.05) is 61.7 Å². The highest BCUT2D eigenvalue weighted by molar-refractivity contribution is 5.87. The summed E-state index contributed by atoms with van der Waals surface area (Å²) >= 11 is 0. The number of hydrogen-bond donors (Lipinski definition) is 2. The Morgan fingerprint density at radius 1 is 1.19 bits per heavy atom. The number of fused-ring (bicyclic) bond motifs is 1. The van der Waals surface area contributed by atoms with E-state index in [1.54, 1.807) is 12.0 Å². The number of carbonyl (C=O) groups is 1. The van der Waals surface area contributed by atoms with Gasteiger partial charge in [0, 0.05) is 55.6 Å². The van der Waals surface area contributed by atoms with Gasteiger partial charge < -0.3 is 24.9 Å². The number of nitrogens with zero attached hydrogens (tertiary/aromatic N) is 5. The molecule has 2 aliphatic heterocycles. The number of methoxy groups -OCH3 is 1. The van der Waals surface area contributed by atoms with Crippen molar-refractivity contribution in [3.63, 3.8) is 0 Å². The molecule has 0 radical (unpaired) electrons. The van der Waals surface area contributed by atoms with Gasteiger partial charge in [0.25, 0.3) is 0 Å². The molecule has 198 valence electrons. The SMILES string of the molecule is C/C=C/c1c(NN)cc(C)c(C)c1N1CCc2c(nc(OC)nc2N2CCN(C(=O)/C=C/CF)CC2)C1. The van der Waals surface area contributed by atoms with Gasteiger partial charge in [-0.2, -0.15) is 9.97 Å². The first kappa shape index (κ1) is 26.4. The van der Waals surface area contributed by atoms with Gasteiger partial charge in [-0.3, -0.25) is 10.6 Å². The van der Waals surface area contributed by atoms with Crippen LogP contribution in [0.5, 0.6) is 6.01 Å². The predicted molar refractivity (Wildman–Crippen MR) is 146 cm³/mol. The number of aryl methyl sites for hydroxylation is 1. The van der Waals surface area contributed by atoms with E-state index in [1.807, 2.05) is 13.0 Å². The molecule has 1 fully saturated rings. The number of anilines is 3. The van der Waals surface area contributed by atoms with Gasteiger partial charge in [-0.25, -0.2) is 4.39 Å². The Hall–Kier alpha value is -3.66. The Kier molecular flexibility index (Phi) is 8.27. The van der Waals surface area contributed by atoms with Crippen LogP contribution in [0.1, 0.15) is 34.9 Å². The normalized spacial score (nSPS) is 16.0. The van der Waals surface area contributed by atoms with Crippen LogP contribution >= 0.6 is 0 Å². The van der Waals surface area contributed by atoms with E-state index in [9.17, 15) is 9.18 Å². The maximum Gasteiger partial charge on any atom is 0.318 e. The quantitative estimate of drug-likeness (QED) is 0.334. The van der Waals surface area contributed by atoms with E-state index in [1.165, 1.54) is 17.7 Å². The average Bonchev–Trinajstić information content (AvgIpc) is 2.92. The van der Waals surface area contributed by atoms with E-state index in [4.69, 9.17) is 20.5 Å². The molecule has 1 aromatic carbocycles. The summed E-state index contributed by atoms with van der Waals surface area (Å²) in [5, 5.41) is 0. The molecule has 0 atom stereocenters. The molecule has 1 saturated heterocycles. The van der Waals surface area contributed by atoms with E-state index in [0.717, 1.165) is 52.5 Å². The molecule has 2 aromatic rings. The lowest BCUT2D eigenvalue weighted by atomic mass is 9.96. The molecule has 1 aromatic heterocycles. The fourth-order valence-corrected chi connectivity index (χ4v) is 5.10. The zero-order valence-electron chi connectivity index (χ0n) is 22.1. The summed E-state index contributed by atoms with van der Waals surface area (Å²) in [6.45, 7) is 9.39. The van der Waals surface area contributed by atoms with Crippen molar-refractivity contribution in [1.29, 1.82) is 0 Å². The number of rotatable bonds is 7. The number of piperazine rings is 1. The fourth-order valence-electron chi connectivity index (χ4n) is 5.10. The fraction of sp³-hybridized carbons (Fsp3) is 0.444. The van der Waals surface area contributed by atoms with Crippen molar-refractivity contribution >= 4 is 29.2 Å². The molecule has 0 aliphatic carbocycles. The number of nitrogen functional groups attached to an aromatic ring is 1. The number of allylic oxidation sites excluding steroid dienone is 2. The van der Waals surface area contributed by atoms with Crippen LogP contribution in [-0.2, 0) is 17.8 Å². The molecule has 0 bridgehead atoms. The highest BCUT2D eigenvalue weighted by Crippen LogP contribution is 2.38. The second-order valence-corrected chi connectivity index (χ2v) is 9.27. The van der Waals surface area contributed by atoms with Crippen molar-refractivity contribution in [3.8, 4) is 6.01 Å². The van der Waals surface area contributed by atoms with Crippen molar-refractivity contribution in [2.24, 2.45) is 5.84 Å². The first-order valence-corrected chi connectivity index (χ1v) is 12.6. The minimum atomic E-state index is -0.641. The summed E-state index contributed by atoms with van der Waals surface area (Å²) in [5.74, 6) is 6.58. The molecule has 10 heteroatoms. The number of nitrogens with one attached hydrogen (secondary N) is 1. The highest BCUT2D eigenvalue weighted by atomic mass is 19.1. The van der Waals surface area contributed by atoms with Gasteiger partial charge >= 0.3 is 6.01 Å². The molecular weight excluding hydrogens is 473 g/mol. The molecule has 9 nitrogen and oxygen atoms in total. The number of ether oxygens (including phenoxy) is 1. The summed E-state index contributed by atoms with van der Waals surface area (Å²) < 4.78 is 17.9. The molecule has 2 aliphatic rings. The van der Waals surface area contributed by atoms with Gasteiger partial charge in [-0.15, -0.1) is 0 Å². The van der Waals surface area contributed by atoms with Crippen molar-refractivity contribution in [2.45, 2.75) is 33.7 Å². The third-order valence-corrected chi connectivity index (χ3v) is 7.10. The van der Waals surface area contributed by atoms with E-state index in [0.29, 0.717) is 38.7 Å². The van der Waals surface area contributed by atoms with Crippen LogP contribution in [0.4, 0.5) is 21.6 Å². The van der Waals surface area contributed by atoms with Gasteiger partial charge in [0.2, 0.25) is 5.91 Å². The van der Waals surface area contributed by atoms with Gasteiger partial charge in [0.1, 0.15) is 12.5 Å². The van der Waals surface area contributed by atoms with Crippen molar-refractivity contribution in [3.05, 3.63) is 52.2 Å². The summed E-state index contributed by atoms with van der Waals surface area (Å²) in [7, 11) is 1.58. The van der Waals surface area contributed by atoms with Crippen molar-refractivity contribution < 1.29 is 13.9 Å². The molecule has 1 amide bonds. The number of benzene rings is 1. The van der Waals surface area contributed by atoms with Crippen LogP contribution in [0, 0.1) is 13.8 Å². The Balaban J connectivity index is 1.64. The Morgan fingerprint density at radius 3 is 2.59 bits per heavy atom. The minimum absolute atomic E-state index is 0.160. The molecule has 0 spiro atoms. The van der Waals surface area contributed by atoms with Crippen LogP contribution in [0.25, 0.3) is 6.08 Å². The summed E-state index contributed by atoms with van der Waals surface area (Å²) in [6, 6.07) is 2.41. The van der Waals surface area contributed by atoms with Gasteiger partial charge in [-0.05, 0) is 50.5 Å². The topological polar surface area (TPSA) is 99.8 Å². The Bertz CT molecular complexity index is 1210. The van der Waals surface area contributed by atoms with E-state index in [-0.39, 0.29) is 5.91 Å². The molecule has 3 N–H and O–H groups in total. The summed E-state index contributed by atoms with van der Waals surface area (Å²) in [6.07, 6.45) is 7.44. The number of amides is 1. The summed E-state index contributed by atoms with van der Waals surface area (Å²) in [5.41, 5.74) is 10.4. The second kappa shape index (κ2) is 11.6. The third-order valence-electron chi connectivity index (χ3n) is 7.10. The standard InChI is InChI=1S/C27H36FN7O2/c1-5-7-20-22(32-29)16-18(2)19(3)25(20)35-11-9-21-23(17-35)30-27(37-4)31-26(21)34-14-12-33(13-15-34)24(36)8-6-10-28/h5-8,16,32H,9-15,17,29H2,1-4H3/b7-5+,8-6+. The molecular formula is C27H36FN7O2. The van der Waals surface area contributed by atoms with Crippen LogP contribution in [0.15, 0.2) is 24.3 Å². The minimum Gasteiger partial charge on any atom is -0.467 e. The Labute approximate surface area is 217 Å². The predicted octanol–water partition coefficient (Wildman–Crippen LogP) is 3.16. The number of hydrogen-bond acceptors (Lipinski definition) is 8. The van der Waals surface area contributed by atoms with Gasteiger partial charge in [-0.1, -0.05) is 12.2 Å². The van der Waals surface area contributed by atoms with Crippen LogP contribution < -0.4 is 25.8 Å². The third kappa shape index (κ3) is 5.39. The number of carbonyl (C=O) groups excluding carboxylic acids is 1. The maximum absolute atomic E-state index is 12.4. The lowest BCUT2D eigenvalue weighted by Crippen LogP contribution is -2.49. The smallest absolute Gasteiger partial charge is 0.318 e.